The molecule has 0 saturated carbocycles. The van der Waals surface area contributed by atoms with E-state index in [0.717, 1.165) is 19.3 Å². The second-order valence-corrected chi connectivity index (χ2v) is 4.15. The van der Waals surface area contributed by atoms with Crippen molar-refractivity contribution < 1.29 is 9.53 Å². The molecule has 0 fully saturated rings. The molecule has 0 saturated heterocycles. The number of allylic oxidation sites excluding steroid dienone is 3. The Balaban J connectivity index is 3.70. The summed E-state index contributed by atoms with van der Waals surface area (Å²) in [6.07, 6.45) is 7.66. The van der Waals surface area contributed by atoms with Gasteiger partial charge in [-0.05, 0) is 39.0 Å². The van der Waals surface area contributed by atoms with Gasteiger partial charge in [0.05, 0.1) is 6.61 Å². The lowest BCUT2D eigenvalue weighted by Crippen LogP contribution is -2.03. The van der Waals surface area contributed by atoms with E-state index in [2.05, 4.69) is 26.5 Å². The lowest BCUT2D eigenvalue weighted by molar-refractivity contribution is -0.143. The summed E-state index contributed by atoms with van der Waals surface area (Å²) in [6, 6.07) is 0. The molecule has 0 aromatic rings. The second kappa shape index (κ2) is 9.20. The number of esters is 1. The normalized spacial score (nSPS) is 13.3. The number of hydrogen-bond donors (Lipinski definition) is 0. The van der Waals surface area contributed by atoms with E-state index in [9.17, 15) is 4.79 Å². The Morgan fingerprint density at radius 2 is 2.12 bits per heavy atom. The summed E-state index contributed by atoms with van der Waals surface area (Å²) in [5.41, 5.74) is 1.27. The van der Waals surface area contributed by atoms with Gasteiger partial charge in [0.15, 0.2) is 0 Å². The smallest absolute Gasteiger partial charge is 0.306 e. The molecular weight excluding hydrogens is 200 g/mol. The van der Waals surface area contributed by atoms with Crippen LogP contribution in [0.2, 0.25) is 0 Å². The Hall–Kier alpha value is -1.05. The molecule has 0 aliphatic rings. The van der Waals surface area contributed by atoms with Gasteiger partial charge in [-0.2, -0.15) is 0 Å². The average Bonchev–Trinajstić information content (AvgIpc) is 2.26. The lowest BCUT2D eigenvalue weighted by atomic mass is 10.0. The molecule has 0 aromatic heterocycles. The highest BCUT2D eigenvalue weighted by molar-refractivity contribution is 5.69. The lowest BCUT2D eigenvalue weighted by Gasteiger charge is -2.04. The molecule has 2 nitrogen and oxygen atoms in total. The predicted octanol–water partition coefficient (Wildman–Crippen LogP) is 3.88. The van der Waals surface area contributed by atoms with Crippen molar-refractivity contribution in [1.29, 1.82) is 0 Å². The summed E-state index contributed by atoms with van der Waals surface area (Å²) in [5, 5.41) is 0. The number of carbonyl (C=O) groups is 1. The van der Waals surface area contributed by atoms with Gasteiger partial charge in [0, 0.05) is 6.42 Å². The van der Waals surface area contributed by atoms with Crippen molar-refractivity contribution >= 4 is 5.97 Å². The summed E-state index contributed by atoms with van der Waals surface area (Å²) in [7, 11) is 0. The molecular formula is C14H24O2. The van der Waals surface area contributed by atoms with E-state index in [0.29, 0.717) is 18.9 Å². The Kier molecular flexibility index (Phi) is 8.59. The highest BCUT2D eigenvalue weighted by Gasteiger charge is 2.01. The highest BCUT2D eigenvalue weighted by Crippen LogP contribution is 2.11. The number of carbonyl (C=O) groups excluding carboxylic acids is 1. The molecule has 1 unspecified atom stereocenters. The summed E-state index contributed by atoms with van der Waals surface area (Å²) in [4.78, 5) is 11.1. The van der Waals surface area contributed by atoms with Gasteiger partial charge in [0.2, 0.25) is 0 Å². The minimum Gasteiger partial charge on any atom is -0.466 e. The van der Waals surface area contributed by atoms with E-state index in [1.54, 1.807) is 0 Å². The minimum atomic E-state index is -0.102. The van der Waals surface area contributed by atoms with Gasteiger partial charge >= 0.3 is 5.97 Å². The number of ether oxygens (including phenoxy) is 1. The molecule has 0 rings (SSSR count). The van der Waals surface area contributed by atoms with Crippen molar-refractivity contribution in [2.75, 3.05) is 6.61 Å². The van der Waals surface area contributed by atoms with Crippen LogP contribution in [-0.4, -0.2) is 12.6 Å². The second-order valence-electron chi connectivity index (χ2n) is 4.15. The molecule has 0 spiro atoms. The summed E-state index contributed by atoms with van der Waals surface area (Å²) < 4.78 is 4.87. The molecule has 0 aliphatic heterocycles. The van der Waals surface area contributed by atoms with E-state index in [4.69, 9.17) is 4.74 Å². The maximum Gasteiger partial charge on any atom is 0.306 e. The van der Waals surface area contributed by atoms with E-state index in [1.165, 1.54) is 5.57 Å². The number of rotatable bonds is 8. The van der Waals surface area contributed by atoms with Gasteiger partial charge in [-0.3, -0.25) is 4.79 Å². The van der Waals surface area contributed by atoms with Gasteiger partial charge in [0.25, 0.3) is 0 Å². The van der Waals surface area contributed by atoms with Crippen molar-refractivity contribution in [3.05, 3.63) is 24.3 Å². The van der Waals surface area contributed by atoms with Crippen molar-refractivity contribution in [2.45, 2.75) is 46.5 Å². The monoisotopic (exact) mass is 224 g/mol. The fourth-order valence-corrected chi connectivity index (χ4v) is 1.34. The van der Waals surface area contributed by atoms with E-state index < -0.39 is 0 Å². The molecule has 0 radical (unpaired) electrons. The van der Waals surface area contributed by atoms with E-state index in [1.807, 2.05) is 13.0 Å². The zero-order chi connectivity index (χ0) is 12.4. The van der Waals surface area contributed by atoms with Crippen molar-refractivity contribution in [2.24, 2.45) is 5.92 Å². The van der Waals surface area contributed by atoms with Gasteiger partial charge < -0.3 is 4.74 Å². The zero-order valence-electron chi connectivity index (χ0n) is 10.8. The zero-order valence-corrected chi connectivity index (χ0v) is 10.8. The third-order valence-corrected chi connectivity index (χ3v) is 2.55. The Morgan fingerprint density at radius 3 is 2.69 bits per heavy atom. The molecule has 0 aromatic carbocycles. The molecule has 0 bridgehead atoms. The van der Waals surface area contributed by atoms with Gasteiger partial charge in [-0.1, -0.05) is 24.6 Å². The topological polar surface area (TPSA) is 26.3 Å². The van der Waals surface area contributed by atoms with Crippen LogP contribution >= 0.6 is 0 Å². The average molecular weight is 224 g/mol. The first-order chi connectivity index (χ1) is 7.60. The maximum absolute atomic E-state index is 11.1. The largest absolute Gasteiger partial charge is 0.466 e. The van der Waals surface area contributed by atoms with Crippen LogP contribution in [0.15, 0.2) is 24.3 Å². The van der Waals surface area contributed by atoms with Crippen LogP contribution in [0.25, 0.3) is 0 Å². The molecule has 2 heteroatoms. The van der Waals surface area contributed by atoms with Gasteiger partial charge in [-0.25, -0.2) is 0 Å². The fourth-order valence-electron chi connectivity index (χ4n) is 1.34. The van der Waals surface area contributed by atoms with Gasteiger partial charge in [0.1, 0.15) is 0 Å². The van der Waals surface area contributed by atoms with Crippen LogP contribution in [0.4, 0.5) is 0 Å². The first-order valence-electron chi connectivity index (χ1n) is 6.04. The Bertz CT molecular complexity index is 241. The Labute approximate surface area is 99.4 Å². The van der Waals surface area contributed by atoms with Crippen LogP contribution < -0.4 is 0 Å². The van der Waals surface area contributed by atoms with Crippen molar-refractivity contribution in [3.8, 4) is 0 Å². The van der Waals surface area contributed by atoms with Gasteiger partial charge in [-0.15, -0.1) is 6.58 Å². The fraction of sp³-hybridized carbons (Fsp3) is 0.643. The van der Waals surface area contributed by atoms with Crippen LogP contribution in [0.5, 0.6) is 0 Å². The van der Waals surface area contributed by atoms with Crippen molar-refractivity contribution in [1.82, 2.24) is 0 Å². The first kappa shape index (κ1) is 14.9. The van der Waals surface area contributed by atoms with E-state index in [-0.39, 0.29) is 5.97 Å². The predicted molar refractivity (Wildman–Crippen MR) is 68.2 cm³/mol. The quantitative estimate of drug-likeness (QED) is 0.462. The molecule has 92 valence electrons. The first-order valence-corrected chi connectivity index (χ1v) is 6.04. The summed E-state index contributed by atoms with van der Waals surface area (Å²) in [6.45, 7) is 10.3. The van der Waals surface area contributed by atoms with Crippen molar-refractivity contribution in [3.63, 3.8) is 0 Å². The summed E-state index contributed by atoms with van der Waals surface area (Å²) in [5.74, 6) is 0.462. The minimum absolute atomic E-state index is 0.102. The molecule has 16 heavy (non-hydrogen) atoms. The third kappa shape index (κ3) is 8.27. The van der Waals surface area contributed by atoms with Crippen LogP contribution in [0.1, 0.15) is 46.5 Å². The van der Waals surface area contributed by atoms with E-state index >= 15 is 0 Å². The standard InChI is InChI=1S/C14H24O2/c1-5-12(3)8-7-9-13(4)10-11-14(15)16-6-2/h5,9,12H,1,6-8,10-11H2,2-4H3/b13-9+. The summed E-state index contributed by atoms with van der Waals surface area (Å²) >= 11 is 0. The third-order valence-electron chi connectivity index (χ3n) is 2.55. The molecule has 0 heterocycles. The number of hydrogen-bond acceptors (Lipinski definition) is 2. The molecule has 0 N–H and O–H groups in total. The molecule has 1 atom stereocenters. The molecule has 0 amide bonds. The highest BCUT2D eigenvalue weighted by atomic mass is 16.5. The molecule has 0 aliphatic carbocycles. The van der Waals surface area contributed by atoms with Crippen LogP contribution in [0, 0.1) is 5.92 Å². The SMILES string of the molecule is C=CC(C)CC/C=C(\C)CCC(=O)OCC. The van der Waals surface area contributed by atoms with Crippen LogP contribution in [0.3, 0.4) is 0 Å². The van der Waals surface area contributed by atoms with Crippen LogP contribution in [-0.2, 0) is 9.53 Å². The maximum atomic E-state index is 11.1. The Morgan fingerprint density at radius 1 is 1.44 bits per heavy atom.